The van der Waals surface area contributed by atoms with Crippen LogP contribution in [-0.4, -0.2) is 18.6 Å². The van der Waals surface area contributed by atoms with Gasteiger partial charge >= 0.3 is 0 Å². The number of ether oxygens (including phenoxy) is 1. The van der Waals surface area contributed by atoms with Crippen molar-refractivity contribution in [3.8, 4) is 0 Å². The number of carbonyl (C=O) groups is 1. The van der Waals surface area contributed by atoms with E-state index in [0.717, 1.165) is 0 Å². The van der Waals surface area contributed by atoms with Gasteiger partial charge in [0.1, 0.15) is 11.4 Å². The fourth-order valence-electron chi connectivity index (χ4n) is 1.11. The highest BCUT2D eigenvalue weighted by molar-refractivity contribution is 5.96. The molecule has 0 saturated carbocycles. The third-order valence-electron chi connectivity index (χ3n) is 2.50. The molecule has 4 heteroatoms. The molecule has 0 aliphatic heterocycles. The number of methoxy groups -OCH3 is 1. The molecule has 3 nitrogen and oxygen atoms in total. The van der Waals surface area contributed by atoms with Gasteiger partial charge in [0, 0.05) is 7.11 Å². The van der Waals surface area contributed by atoms with Crippen molar-refractivity contribution in [1.82, 2.24) is 0 Å². The number of carbonyl (C=O) groups excluding carboxylic acids is 1. The van der Waals surface area contributed by atoms with Crippen LogP contribution < -0.4 is 5.32 Å². The summed E-state index contributed by atoms with van der Waals surface area (Å²) in [4.78, 5) is 11.7. The maximum Gasteiger partial charge on any atom is 0.256 e. The van der Waals surface area contributed by atoms with Gasteiger partial charge in [-0.1, -0.05) is 12.1 Å². The summed E-state index contributed by atoms with van der Waals surface area (Å²) in [5.74, 6) is -0.790. The van der Waals surface area contributed by atoms with E-state index in [4.69, 9.17) is 4.74 Å². The second-order valence-electron chi connectivity index (χ2n) is 4.11. The second-order valence-corrected chi connectivity index (χ2v) is 4.11. The van der Waals surface area contributed by atoms with Gasteiger partial charge in [0.25, 0.3) is 5.91 Å². The molecule has 1 N–H and O–H groups in total. The van der Waals surface area contributed by atoms with Crippen molar-refractivity contribution in [1.29, 1.82) is 0 Å². The van der Waals surface area contributed by atoms with Crippen LogP contribution in [0.25, 0.3) is 0 Å². The van der Waals surface area contributed by atoms with E-state index < -0.39 is 11.4 Å². The van der Waals surface area contributed by atoms with Crippen LogP contribution in [-0.2, 0) is 9.53 Å². The van der Waals surface area contributed by atoms with Gasteiger partial charge in [0.05, 0.1) is 5.69 Å². The van der Waals surface area contributed by atoms with E-state index >= 15 is 0 Å². The number of rotatable bonds is 3. The molecule has 0 radical (unpaired) electrons. The predicted octanol–water partition coefficient (Wildman–Crippen LogP) is 2.50. The van der Waals surface area contributed by atoms with Gasteiger partial charge in [-0.25, -0.2) is 4.39 Å². The van der Waals surface area contributed by atoms with Crippen molar-refractivity contribution in [2.45, 2.75) is 26.4 Å². The summed E-state index contributed by atoms with van der Waals surface area (Å²) in [6.45, 7) is 4.89. The average Bonchev–Trinajstić information content (AvgIpc) is 2.24. The Hall–Kier alpha value is -1.42. The molecule has 0 bridgehead atoms. The van der Waals surface area contributed by atoms with E-state index in [2.05, 4.69) is 5.32 Å². The van der Waals surface area contributed by atoms with Gasteiger partial charge in [0.2, 0.25) is 0 Å². The molecular formula is C12H16FNO2. The smallest absolute Gasteiger partial charge is 0.256 e. The molecule has 16 heavy (non-hydrogen) atoms. The molecule has 0 aliphatic carbocycles. The number of anilines is 1. The molecule has 1 aromatic carbocycles. The highest BCUT2D eigenvalue weighted by Crippen LogP contribution is 2.19. The van der Waals surface area contributed by atoms with Crippen molar-refractivity contribution >= 4 is 11.6 Å². The van der Waals surface area contributed by atoms with Crippen molar-refractivity contribution in [3.63, 3.8) is 0 Å². The molecule has 0 atom stereocenters. The normalized spacial score (nSPS) is 11.3. The monoisotopic (exact) mass is 225 g/mol. The summed E-state index contributed by atoms with van der Waals surface area (Å²) >= 11 is 0. The molecular weight excluding hydrogens is 209 g/mol. The molecule has 0 fully saturated rings. The van der Waals surface area contributed by atoms with E-state index in [0.29, 0.717) is 5.56 Å². The molecule has 0 spiro atoms. The topological polar surface area (TPSA) is 38.3 Å². The maximum absolute atomic E-state index is 13.6. The predicted molar refractivity (Wildman–Crippen MR) is 60.9 cm³/mol. The molecule has 88 valence electrons. The number of amides is 1. The summed E-state index contributed by atoms with van der Waals surface area (Å²) in [6.07, 6.45) is 0. The number of benzene rings is 1. The first-order chi connectivity index (χ1) is 7.38. The lowest BCUT2D eigenvalue weighted by Crippen LogP contribution is -2.39. The molecule has 0 saturated heterocycles. The van der Waals surface area contributed by atoms with E-state index in [1.807, 2.05) is 0 Å². The van der Waals surface area contributed by atoms with Gasteiger partial charge < -0.3 is 10.1 Å². The zero-order valence-corrected chi connectivity index (χ0v) is 9.93. The first kappa shape index (κ1) is 12.6. The highest BCUT2D eigenvalue weighted by atomic mass is 19.1. The van der Waals surface area contributed by atoms with E-state index in [9.17, 15) is 9.18 Å². The average molecular weight is 225 g/mol. The van der Waals surface area contributed by atoms with Crippen LogP contribution in [0.15, 0.2) is 18.2 Å². The standard InChI is InChI=1S/C12H16FNO2/c1-8-6-5-7-9(10(8)13)14-11(15)12(2,3)16-4/h5-7H,1-4H3,(H,14,15). The van der Waals surface area contributed by atoms with Crippen molar-refractivity contribution in [2.24, 2.45) is 0 Å². The molecule has 0 heterocycles. The van der Waals surface area contributed by atoms with E-state index in [-0.39, 0.29) is 11.6 Å². The number of halogens is 1. The Balaban J connectivity index is 2.90. The zero-order chi connectivity index (χ0) is 12.3. The minimum Gasteiger partial charge on any atom is -0.369 e. The molecule has 0 unspecified atom stereocenters. The number of nitrogens with one attached hydrogen (secondary N) is 1. The lowest BCUT2D eigenvalue weighted by atomic mass is 10.1. The summed E-state index contributed by atoms with van der Waals surface area (Å²) in [6, 6.07) is 4.85. The molecule has 0 aliphatic rings. The third-order valence-corrected chi connectivity index (χ3v) is 2.50. The molecule has 0 aromatic heterocycles. The Bertz CT molecular complexity index is 402. The Morgan fingerprint density at radius 3 is 2.62 bits per heavy atom. The second kappa shape index (κ2) is 4.61. The van der Waals surface area contributed by atoms with Crippen molar-refractivity contribution < 1.29 is 13.9 Å². The van der Waals surface area contributed by atoms with Gasteiger partial charge in [-0.2, -0.15) is 0 Å². The Morgan fingerprint density at radius 2 is 2.06 bits per heavy atom. The van der Waals surface area contributed by atoms with Crippen LogP contribution in [0.3, 0.4) is 0 Å². The first-order valence-corrected chi connectivity index (χ1v) is 5.00. The highest BCUT2D eigenvalue weighted by Gasteiger charge is 2.27. The Morgan fingerprint density at radius 1 is 1.44 bits per heavy atom. The molecule has 1 rings (SSSR count). The fourth-order valence-corrected chi connectivity index (χ4v) is 1.11. The summed E-state index contributed by atoms with van der Waals surface area (Å²) in [7, 11) is 1.44. The lowest BCUT2D eigenvalue weighted by molar-refractivity contribution is -0.133. The third kappa shape index (κ3) is 2.58. The van der Waals surface area contributed by atoms with Gasteiger partial charge in [-0.15, -0.1) is 0 Å². The number of aryl methyl sites for hydroxylation is 1. The quantitative estimate of drug-likeness (QED) is 0.858. The van der Waals surface area contributed by atoms with Crippen molar-refractivity contribution in [3.05, 3.63) is 29.6 Å². The largest absolute Gasteiger partial charge is 0.369 e. The van der Waals surface area contributed by atoms with E-state index in [1.165, 1.54) is 13.2 Å². The minimum atomic E-state index is -0.976. The summed E-state index contributed by atoms with van der Waals surface area (Å²) in [5, 5.41) is 2.50. The van der Waals surface area contributed by atoms with E-state index in [1.54, 1.807) is 32.9 Å². The summed E-state index contributed by atoms with van der Waals surface area (Å²) < 4.78 is 18.6. The van der Waals surface area contributed by atoms with Crippen LogP contribution in [0.1, 0.15) is 19.4 Å². The minimum absolute atomic E-state index is 0.176. The van der Waals surface area contributed by atoms with Gasteiger partial charge in [-0.3, -0.25) is 4.79 Å². The van der Waals surface area contributed by atoms with Crippen LogP contribution in [0, 0.1) is 12.7 Å². The van der Waals surface area contributed by atoms with Crippen LogP contribution in [0.4, 0.5) is 10.1 Å². The van der Waals surface area contributed by atoms with Crippen LogP contribution >= 0.6 is 0 Å². The van der Waals surface area contributed by atoms with Gasteiger partial charge in [0.15, 0.2) is 0 Å². The molecule has 1 aromatic rings. The van der Waals surface area contributed by atoms with Crippen molar-refractivity contribution in [2.75, 3.05) is 12.4 Å². The number of hydrogen-bond acceptors (Lipinski definition) is 2. The maximum atomic E-state index is 13.6. The van der Waals surface area contributed by atoms with Crippen LogP contribution in [0.2, 0.25) is 0 Å². The van der Waals surface area contributed by atoms with Crippen LogP contribution in [0.5, 0.6) is 0 Å². The lowest BCUT2D eigenvalue weighted by Gasteiger charge is -2.22. The Kier molecular flexibility index (Phi) is 3.65. The Labute approximate surface area is 94.6 Å². The SMILES string of the molecule is COC(C)(C)C(=O)Nc1cccc(C)c1F. The summed E-state index contributed by atoms with van der Waals surface area (Å²) in [5.41, 5.74) is -0.306. The number of hydrogen-bond donors (Lipinski definition) is 1. The fraction of sp³-hybridized carbons (Fsp3) is 0.417. The van der Waals surface area contributed by atoms with Gasteiger partial charge in [-0.05, 0) is 32.4 Å². The molecule has 1 amide bonds. The first-order valence-electron chi connectivity index (χ1n) is 5.00. The zero-order valence-electron chi connectivity index (χ0n) is 9.93.